The molecule has 1 heterocycles. The molecule has 0 saturated carbocycles. The molecule has 1 atom stereocenters. The molecule has 1 fully saturated rings. The zero-order valence-corrected chi connectivity index (χ0v) is 12.7. The van der Waals surface area contributed by atoms with Crippen molar-refractivity contribution in [3.8, 4) is 0 Å². The van der Waals surface area contributed by atoms with Gasteiger partial charge >= 0.3 is 0 Å². The van der Waals surface area contributed by atoms with Gasteiger partial charge in [0.25, 0.3) is 0 Å². The Hall–Kier alpha value is -0.560. The van der Waals surface area contributed by atoms with Gasteiger partial charge in [-0.25, -0.2) is 8.42 Å². The van der Waals surface area contributed by atoms with Gasteiger partial charge in [-0.2, -0.15) is 4.31 Å². The summed E-state index contributed by atoms with van der Waals surface area (Å²) in [4.78, 5) is 1.20. The molecule has 0 amide bonds. The first-order chi connectivity index (χ1) is 9.11. The second-order valence-corrected chi connectivity index (χ2v) is 7.36. The molecular formula is C13H20N2O2S2. The smallest absolute Gasteiger partial charge is 0.244 e. The number of sulfonamides is 1. The molecule has 1 aliphatic heterocycles. The molecule has 0 aromatic heterocycles. The third-order valence-corrected chi connectivity index (χ3v) is 6.44. The molecule has 0 aliphatic carbocycles. The van der Waals surface area contributed by atoms with Gasteiger partial charge in [0.2, 0.25) is 10.0 Å². The van der Waals surface area contributed by atoms with E-state index in [1.54, 1.807) is 16.4 Å². The van der Waals surface area contributed by atoms with Crippen LogP contribution in [0, 0.1) is 0 Å². The van der Waals surface area contributed by atoms with Gasteiger partial charge in [0, 0.05) is 24.0 Å². The largest absolute Gasteiger partial charge is 0.329 e. The Labute approximate surface area is 119 Å². The normalized spacial score (nSPS) is 21.5. The van der Waals surface area contributed by atoms with E-state index in [1.807, 2.05) is 18.4 Å². The Morgan fingerprint density at radius 1 is 1.37 bits per heavy atom. The van der Waals surface area contributed by atoms with E-state index < -0.39 is 10.0 Å². The van der Waals surface area contributed by atoms with Crippen LogP contribution in [0.2, 0.25) is 0 Å². The summed E-state index contributed by atoms with van der Waals surface area (Å²) in [6.07, 6.45) is 4.72. The Morgan fingerprint density at radius 2 is 2.11 bits per heavy atom. The number of hydrogen-bond acceptors (Lipinski definition) is 4. The number of rotatable bonds is 4. The maximum Gasteiger partial charge on any atom is 0.244 e. The number of benzene rings is 1. The number of thioether (sulfide) groups is 1. The number of nitrogens with zero attached hydrogens (tertiary/aromatic N) is 1. The molecule has 4 nitrogen and oxygen atoms in total. The number of nitrogens with two attached hydrogens (primary N) is 1. The molecule has 0 radical (unpaired) electrons. The zero-order valence-electron chi connectivity index (χ0n) is 11.1. The van der Waals surface area contributed by atoms with Crippen LogP contribution < -0.4 is 5.73 Å². The highest BCUT2D eigenvalue weighted by Crippen LogP contribution is 2.30. The van der Waals surface area contributed by atoms with Crippen molar-refractivity contribution < 1.29 is 8.42 Å². The van der Waals surface area contributed by atoms with E-state index in [9.17, 15) is 8.42 Å². The second kappa shape index (κ2) is 6.26. The molecule has 106 valence electrons. The van der Waals surface area contributed by atoms with Crippen molar-refractivity contribution in [2.45, 2.75) is 35.1 Å². The molecule has 1 aromatic rings. The van der Waals surface area contributed by atoms with Crippen LogP contribution >= 0.6 is 11.8 Å². The minimum Gasteiger partial charge on any atom is -0.329 e. The maximum atomic E-state index is 12.8. The standard InChI is InChI=1S/C13H20N2O2S2/c1-18-12-7-2-3-8-13(12)19(16,17)15-9-5-4-6-11(15)10-14/h2-3,7-8,11H,4-6,9-10,14H2,1H3. The monoisotopic (exact) mass is 300 g/mol. The van der Waals surface area contributed by atoms with Crippen LogP contribution in [0.1, 0.15) is 19.3 Å². The SMILES string of the molecule is CSc1ccccc1S(=O)(=O)N1CCCCC1CN. The van der Waals surface area contributed by atoms with Crippen LogP contribution in [0.3, 0.4) is 0 Å². The van der Waals surface area contributed by atoms with E-state index in [-0.39, 0.29) is 6.04 Å². The highest BCUT2D eigenvalue weighted by molar-refractivity contribution is 7.99. The minimum atomic E-state index is -3.43. The molecule has 2 N–H and O–H groups in total. The van der Waals surface area contributed by atoms with Crippen LogP contribution in [-0.4, -0.2) is 38.1 Å². The summed E-state index contributed by atoms with van der Waals surface area (Å²) in [6.45, 7) is 0.966. The lowest BCUT2D eigenvalue weighted by Gasteiger charge is -2.34. The summed E-state index contributed by atoms with van der Waals surface area (Å²) in [7, 11) is -3.43. The third-order valence-electron chi connectivity index (χ3n) is 3.50. The Kier molecular flexibility index (Phi) is 4.89. The topological polar surface area (TPSA) is 63.4 Å². The van der Waals surface area contributed by atoms with Crippen molar-refractivity contribution in [3.05, 3.63) is 24.3 Å². The van der Waals surface area contributed by atoms with Crippen LogP contribution in [0.5, 0.6) is 0 Å². The first-order valence-electron chi connectivity index (χ1n) is 6.46. The van der Waals surface area contributed by atoms with Gasteiger partial charge in [-0.05, 0) is 31.2 Å². The molecule has 1 aliphatic rings. The quantitative estimate of drug-likeness (QED) is 0.863. The van der Waals surface area contributed by atoms with Gasteiger partial charge < -0.3 is 5.73 Å². The Morgan fingerprint density at radius 3 is 2.79 bits per heavy atom. The van der Waals surface area contributed by atoms with Crippen molar-refractivity contribution in [1.29, 1.82) is 0 Å². The van der Waals surface area contributed by atoms with E-state index in [1.165, 1.54) is 11.8 Å². The van der Waals surface area contributed by atoms with Crippen LogP contribution in [0.4, 0.5) is 0 Å². The van der Waals surface area contributed by atoms with E-state index in [2.05, 4.69) is 0 Å². The molecule has 0 spiro atoms. The summed E-state index contributed by atoms with van der Waals surface area (Å²) < 4.78 is 27.2. The fraction of sp³-hybridized carbons (Fsp3) is 0.538. The van der Waals surface area contributed by atoms with Crippen LogP contribution in [-0.2, 0) is 10.0 Å². The van der Waals surface area contributed by atoms with Crippen molar-refractivity contribution in [2.24, 2.45) is 5.73 Å². The highest BCUT2D eigenvalue weighted by atomic mass is 32.2. The minimum absolute atomic E-state index is 0.0614. The van der Waals surface area contributed by atoms with Gasteiger partial charge in [-0.3, -0.25) is 0 Å². The van der Waals surface area contributed by atoms with Crippen molar-refractivity contribution in [1.82, 2.24) is 4.31 Å². The summed E-state index contributed by atoms with van der Waals surface area (Å²) in [6, 6.07) is 7.10. The fourth-order valence-corrected chi connectivity index (χ4v) is 5.31. The first-order valence-corrected chi connectivity index (χ1v) is 9.12. The molecule has 19 heavy (non-hydrogen) atoms. The van der Waals surface area contributed by atoms with E-state index in [0.29, 0.717) is 18.0 Å². The lowest BCUT2D eigenvalue weighted by atomic mass is 10.1. The lowest BCUT2D eigenvalue weighted by molar-refractivity contribution is 0.257. The summed E-state index contributed by atoms with van der Waals surface area (Å²) >= 11 is 1.46. The van der Waals surface area contributed by atoms with Crippen molar-refractivity contribution in [2.75, 3.05) is 19.3 Å². The lowest BCUT2D eigenvalue weighted by Crippen LogP contribution is -2.47. The van der Waals surface area contributed by atoms with E-state index >= 15 is 0 Å². The molecule has 0 bridgehead atoms. The molecular weight excluding hydrogens is 280 g/mol. The summed E-state index contributed by atoms with van der Waals surface area (Å²) in [5.74, 6) is 0. The summed E-state index contributed by atoms with van der Waals surface area (Å²) in [5, 5.41) is 0. The van der Waals surface area contributed by atoms with Gasteiger partial charge in [0.1, 0.15) is 0 Å². The number of piperidine rings is 1. The van der Waals surface area contributed by atoms with Gasteiger partial charge in [-0.15, -0.1) is 11.8 Å². The highest BCUT2D eigenvalue weighted by Gasteiger charge is 2.33. The predicted molar refractivity (Wildman–Crippen MR) is 78.8 cm³/mol. The second-order valence-electron chi connectivity index (χ2n) is 4.65. The van der Waals surface area contributed by atoms with E-state index in [4.69, 9.17) is 5.73 Å². The molecule has 1 aromatic carbocycles. The predicted octanol–water partition coefficient (Wildman–Crippen LogP) is 1.91. The van der Waals surface area contributed by atoms with Gasteiger partial charge in [-0.1, -0.05) is 18.6 Å². The number of hydrogen-bond donors (Lipinski definition) is 1. The van der Waals surface area contributed by atoms with Crippen LogP contribution in [0.15, 0.2) is 34.1 Å². The van der Waals surface area contributed by atoms with Gasteiger partial charge in [0.05, 0.1) is 4.90 Å². The average Bonchev–Trinajstić information content (AvgIpc) is 2.47. The summed E-state index contributed by atoms with van der Waals surface area (Å²) in [5.41, 5.74) is 5.73. The maximum absolute atomic E-state index is 12.8. The van der Waals surface area contributed by atoms with E-state index in [0.717, 1.165) is 24.2 Å². The van der Waals surface area contributed by atoms with Crippen molar-refractivity contribution in [3.63, 3.8) is 0 Å². The fourth-order valence-electron chi connectivity index (χ4n) is 2.48. The third kappa shape index (κ3) is 2.97. The Bertz CT molecular complexity index is 531. The van der Waals surface area contributed by atoms with Crippen molar-refractivity contribution >= 4 is 21.8 Å². The molecule has 1 unspecified atom stereocenters. The van der Waals surface area contributed by atoms with Crippen LogP contribution in [0.25, 0.3) is 0 Å². The molecule has 1 saturated heterocycles. The first kappa shape index (κ1) is 14.8. The van der Waals surface area contributed by atoms with Gasteiger partial charge in [0.15, 0.2) is 0 Å². The Balaban J connectivity index is 2.40. The molecule has 2 rings (SSSR count). The average molecular weight is 300 g/mol. The molecule has 6 heteroatoms. The zero-order chi connectivity index (χ0) is 13.9.